The molecule has 0 bridgehead atoms. The second kappa shape index (κ2) is 7.33. The van der Waals surface area contributed by atoms with E-state index in [2.05, 4.69) is 50.1 Å². The molecule has 0 aliphatic rings. The minimum absolute atomic E-state index is 0.293. The summed E-state index contributed by atoms with van der Waals surface area (Å²) in [5, 5.41) is 8.75. The molecule has 96 valence electrons. The predicted molar refractivity (Wildman–Crippen MR) is 74.6 cm³/mol. The Morgan fingerprint density at radius 3 is 2.29 bits per heavy atom. The van der Waals surface area contributed by atoms with Gasteiger partial charge in [-0.25, -0.2) is 0 Å². The van der Waals surface area contributed by atoms with Crippen molar-refractivity contribution in [2.75, 3.05) is 25.1 Å². The van der Waals surface area contributed by atoms with Crippen LogP contribution in [0, 0.1) is 5.92 Å². The molecule has 0 unspecified atom stereocenters. The Kier molecular flexibility index (Phi) is 6.06. The summed E-state index contributed by atoms with van der Waals surface area (Å²) in [6, 6.07) is 8.82. The molecule has 0 saturated heterocycles. The zero-order valence-corrected chi connectivity index (χ0v) is 11.3. The molecule has 0 aromatic heterocycles. The quantitative estimate of drug-likeness (QED) is 0.734. The van der Waals surface area contributed by atoms with Crippen molar-refractivity contribution < 1.29 is 5.11 Å². The highest BCUT2D eigenvalue weighted by Crippen LogP contribution is 2.16. The number of aliphatic hydroxyl groups excluding tert-OH is 1. The van der Waals surface area contributed by atoms with Gasteiger partial charge in [-0.1, -0.05) is 26.0 Å². The normalized spacial score (nSPS) is 10.9. The van der Waals surface area contributed by atoms with Gasteiger partial charge in [-0.05, 0) is 42.9 Å². The molecular formula is C15H25NO. The molecule has 0 amide bonds. The number of hydrogen-bond acceptors (Lipinski definition) is 2. The van der Waals surface area contributed by atoms with Gasteiger partial charge in [0.15, 0.2) is 0 Å². The molecule has 0 radical (unpaired) electrons. The maximum Gasteiger partial charge on any atom is 0.0431 e. The van der Waals surface area contributed by atoms with Crippen molar-refractivity contribution in [1.29, 1.82) is 0 Å². The lowest BCUT2D eigenvalue weighted by molar-refractivity contribution is 0.285. The molecule has 0 saturated carbocycles. The standard InChI is InChI=1S/C15H25NO/c1-13(2)12-14-6-8-15(9-7-14)16(3)10-4-5-11-17/h6-9,13,17H,4-5,10-12H2,1-3H3. The summed E-state index contributed by atoms with van der Waals surface area (Å²) in [4.78, 5) is 2.24. The minimum Gasteiger partial charge on any atom is -0.396 e. The topological polar surface area (TPSA) is 23.5 Å². The largest absolute Gasteiger partial charge is 0.396 e. The zero-order valence-electron chi connectivity index (χ0n) is 11.3. The van der Waals surface area contributed by atoms with Crippen molar-refractivity contribution in [3.05, 3.63) is 29.8 Å². The summed E-state index contributed by atoms with van der Waals surface area (Å²) < 4.78 is 0. The van der Waals surface area contributed by atoms with Crippen LogP contribution in [-0.2, 0) is 6.42 Å². The molecule has 0 atom stereocenters. The van der Waals surface area contributed by atoms with Gasteiger partial charge in [-0.15, -0.1) is 0 Å². The van der Waals surface area contributed by atoms with Crippen LogP contribution in [0.1, 0.15) is 32.3 Å². The lowest BCUT2D eigenvalue weighted by Crippen LogP contribution is -2.18. The fourth-order valence-corrected chi connectivity index (χ4v) is 1.95. The first-order valence-corrected chi connectivity index (χ1v) is 6.54. The molecule has 2 heteroatoms. The molecule has 0 aliphatic heterocycles. The van der Waals surface area contributed by atoms with E-state index >= 15 is 0 Å². The van der Waals surface area contributed by atoms with E-state index in [4.69, 9.17) is 5.11 Å². The van der Waals surface area contributed by atoms with Gasteiger partial charge in [-0.2, -0.15) is 0 Å². The third kappa shape index (κ3) is 5.22. The number of benzene rings is 1. The predicted octanol–water partition coefficient (Wildman–Crippen LogP) is 3.09. The maximum absolute atomic E-state index is 8.75. The van der Waals surface area contributed by atoms with Crippen LogP contribution in [-0.4, -0.2) is 25.3 Å². The third-order valence-electron chi connectivity index (χ3n) is 2.92. The molecule has 2 nitrogen and oxygen atoms in total. The maximum atomic E-state index is 8.75. The number of anilines is 1. The van der Waals surface area contributed by atoms with E-state index in [0.29, 0.717) is 12.5 Å². The van der Waals surface area contributed by atoms with Crippen LogP contribution in [0.5, 0.6) is 0 Å². The van der Waals surface area contributed by atoms with Crippen molar-refractivity contribution in [2.24, 2.45) is 5.92 Å². The Morgan fingerprint density at radius 1 is 1.12 bits per heavy atom. The molecule has 0 heterocycles. The van der Waals surface area contributed by atoms with Gasteiger partial charge in [0.05, 0.1) is 0 Å². The van der Waals surface area contributed by atoms with Gasteiger partial charge < -0.3 is 10.0 Å². The second-order valence-electron chi connectivity index (χ2n) is 5.12. The molecule has 1 aromatic carbocycles. The molecule has 1 aromatic rings. The SMILES string of the molecule is CC(C)Cc1ccc(N(C)CCCCO)cc1. The summed E-state index contributed by atoms with van der Waals surface area (Å²) in [5.41, 5.74) is 2.67. The van der Waals surface area contributed by atoms with Crippen molar-refractivity contribution in [3.8, 4) is 0 Å². The molecule has 0 spiro atoms. The Bertz CT molecular complexity index is 305. The fourth-order valence-electron chi connectivity index (χ4n) is 1.95. The lowest BCUT2D eigenvalue weighted by Gasteiger charge is -2.19. The Hall–Kier alpha value is -1.02. The summed E-state index contributed by atoms with van der Waals surface area (Å²) >= 11 is 0. The van der Waals surface area contributed by atoms with Gasteiger partial charge >= 0.3 is 0 Å². The van der Waals surface area contributed by atoms with Gasteiger partial charge in [-0.3, -0.25) is 0 Å². The van der Waals surface area contributed by atoms with Crippen LogP contribution in [0.2, 0.25) is 0 Å². The van der Waals surface area contributed by atoms with E-state index in [0.717, 1.165) is 25.8 Å². The number of aliphatic hydroxyl groups is 1. The summed E-state index contributed by atoms with van der Waals surface area (Å²) in [5.74, 6) is 0.711. The van der Waals surface area contributed by atoms with Gasteiger partial charge in [0.1, 0.15) is 0 Å². The first-order valence-electron chi connectivity index (χ1n) is 6.54. The summed E-state index contributed by atoms with van der Waals surface area (Å²) in [7, 11) is 2.11. The average Bonchev–Trinajstić information content (AvgIpc) is 2.29. The molecular weight excluding hydrogens is 210 g/mol. The van der Waals surface area contributed by atoms with Crippen LogP contribution in [0.15, 0.2) is 24.3 Å². The molecule has 0 fully saturated rings. The van der Waals surface area contributed by atoms with Gasteiger partial charge in [0.25, 0.3) is 0 Å². The van der Waals surface area contributed by atoms with Crippen LogP contribution in [0.25, 0.3) is 0 Å². The van der Waals surface area contributed by atoms with Gasteiger partial charge in [0.2, 0.25) is 0 Å². The first-order chi connectivity index (χ1) is 8.13. The number of rotatable bonds is 7. The van der Waals surface area contributed by atoms with Crippen LogP contribution >= 0.6 is 0 Å². The van der Waals surface area contributed by atoms with Crippen LogP contribution in [0.3, 0.4) is 0 Å². The number of hydrogen-bond donors (Lipinski definition) is 1. The Labute approximate surface area is 105 Å². The summed E-state index contributed by atoms with van der Waals surface area (Å²) in [6.45, 7) is 5.79. The molecule has 17 heavy (non-hydrogen) atoms. The van der Waals surface area contributed by atoms with E-state index in [1.807, 2.05) is 0 Å². The monoisotopic (exact) mass is 235 g/mol. The zero-order chi connectivity index (χ0) is 12.7. The first kappa shape index (κ1) is 14.0. The van der Waals surface area contributed by atoms with Crippen molar-refractivity contribution in [3.63, 3.8) is 0 Å². The Morgan fingerprint density at radius 2 is 1.76 bits per heavy atom. The van der Waals surface area contributed by atoms with E-state index in [9.17, 15) is 0 Å². The van der Waals surface area contributed by atoms with E-state index < -0.39 is 0 Å². The number of nitrogens with zero attached hydrogens (tertiary/aromatic N) is 1. The summed E-state index contributed by atoms with van der Waals surface area (Å²) in [6.07, 6.45) is 3.07. The van der Waals surface area contributed by atoms with E-state index in [1.54, 1.807) is 0 Å². The molecule has 1 N–H and O–H groups in total. The smallest absolute Gasteiger partial charge is 0.0431 e. The van der Waals surface area contributed by atoms with Crippen LogP contribution in [0.4, 0.5) is 5.69 Å². The van der Waals surface area contributed by atoms with Gasteiger partial charge in [0, 0.05) is 25.9 Å². The van der Waals surface area contributed by atoms with Crippen LogP contribution < -0.4 is 4.90 Å². The van der Waals surface area contributed by atoms with E-state index in [1.165, 1.54) is 11.3 Å². The van der Waals surface area contributed by atoms with E-state index in [-0.39, 0.29) is 0 Å². The second-order valence-corrected chi connectivity index (χ2v) is 5.12. The van der Waals surface area contributed by atoms with Crippen molar-refractivity contribution in [1.82, 2.24) is 0 Å². The highest BCUT2D eigenvalue weighted by molar-refractivity contribution is 5.46. The fraction of sp³-hybridized carbons (Fsp3) is 0.600. The van der Waals surface area contributed by atoms with Crippen molar-refractivity contribution in [2.45, 2.75) is 33.1 Å². The molecule has 0 aliphatic carbocycles. The highest BCUT2D eigenvalue weighted by Gasteiger charge is 2.02. The van der Waals surface area contributed by atoms with Crippen molar-refractivity contribution >= 4 is 5.69 Å². The average molecular weight is 235 g/mol. The minimum atomic E-state index is 0.293. The Balaban J connectivity index is 2.48. The lowest BCUT2D eigenvalue weighted by atomic mass is 10.0. The highest BCUT2D eigenvalue weighted by atomic mass is 16.2. The third-order valence-corrected chi connectivity index (χ3v) is 2.92. The molecule has 1 rings (SSSR count). The number of unbranched alkanes of at least 4 members (excludes halogenated alkanes) is 1.